The van der Waals surface area contributed by atoms with Crippen molar-refractivity contribution in [2.45, 2.75) is 374 Å². The van der Waals surface area contributed by atoms with E-state index in [2.05, 4.69) is 41.5 Å². The topological polar surface area (TPSA) is 237 Å². The largest absolute Gasteiger partial charge is 0.472 e. The lowest BCUT2D eigenvalue weighted by Gasteiger charge is -2.21. The van der Waals surface area contributed by atoms with Crippen LogP contribution >= 0.6 is 15.6 Å². The third-order valence-electron chi connectivity index (χ3n) is 16.6. The number of carbonyl (C=O) groups is 4. The second-order valence-electron chi connectivity index (χ2n) is 26.0. The van der Waals surface area contributed by atoms with E-state index >= 15 is 0 Å². The molecule has 3 N–H and O–H groups in total. The Morgan fingerprint density at radius 2 is 0.573 bits per heavy atom. The Kier molecular flexibility index (Phi) is 60.8. The molecule has 0 radical (unpaired) electrons. The van der Waals surface area contributed by atoms with Crippen molar-refractivity contribution in [3.8, 4) is 0 Å². The van der Waals surface area contributed by atoms with Crippen LogP contribution in [0.25, 0.3) is 0 Å². The first kappa shape index (κ1) is 87.1. The highest BCUT2D eigenvalue weighted by Crippen LogP contribution is 2.45. The van der Waals surface area contributed by atoms with Crippen LogP contribution in [0.5, 0.6) is 0 Å². The van der Waals surface area contributed by atoms with Gasteiger partial charge in [0.2, 0.25) is 0 Å². The van der Waals surface area contributed by atoms with Crippen molar-refractivity contribution in [2.75, 3.05) is 39.6 Å². The van der Waals surface area contributed by atoms with Gasteiger partial charge in [-0.25, -0.2) is 9.13 Å². The second kappa shape index (κ2) is 62.2. The summed E-state index contributed by atoms with van der Waals surface area (Å²) in [6.45, 7) is 9.52. The number of phosphoric ester groups is 2. The van der Waals surface area contributed by atoms with Crippen LogP contribution in [0.2, 0.25) is 0 Å². The molecule has 0 saturated heterocycles. The van der Waals surface area contributed by atoms with Crippen molar-refractivity contribution < 1.29 is 80.2 Å². The fraction of sp³-hybridized carbons (Fsp3) is 0.943. The summed E-state index contributed by atoms with van der Waals surface area (Å²) in [4.78, 5) is 72.5. The summed E-state index contributed by atoms with van der Waals surface area (Å²) >= 11 is 0. The molecule has 0 amide bonds. The molecule has 17 nitrogen and oxygen atoms in total. The van der Waals surface area contributed by atoms with E-state index in [1.165, 1.54) is 167 Å². The number of unbranched alkanes of at least 4 members (excludes halogenated alkanes) is 38. The van der Waals surface area contributed by atoms with Gasteiger partial charge in [-0.15, -0.1) is 0 Å². The van der Waals surface area contributed by atoms with Crippen LogP contribution in [0.3, 0.4) is 0 Å². The molecule has 19 heteroatoms. The number of hydrogen-bond acceptors (Lipinski definition) is 15. The number of aliphatic hydroxyl groups is 1. The standard InChI is InChI=1S/C70H136O17P2/c1-7-10-12-14-16-18-20-22-24-28-34-40-46-52-67(72)80-58-65(86-70(75)55-49-43-36-30-26-25-27-33-39-45-51-63(6)9-3)60-84-88(76,77)82-56-64(71)57-83-89(78,79)85-61-66(59-81-68(73)53-47-41-37-31-32-38-44-50-62(4)5)87-69(74)54-48-42-35-29-23-21-19-17-15-13-11-8-2/h62-66,71H,7-61H2,1-6H3,(H,76,77)(H,78,79)/t63?,64-,65-,66-/m1/s1. The van der Waals surface area contributed by atoms with Gasteiger partial charge in [0.05, 0.1) is 26.4 Å². The predicted octanol–water partition coefficient (Wildman–Crippen LogP) is 20.0. The maximum Gasteiger partial charge on any atom is 0.472 e. The molecule has 528 valence electrons. The molecule has 0 aliphatic carbocycles. The van der Waals surface area contributed by atoms with Crippen LogP contribution in [-0.2, 0) is 65.4 Å². The summed E-state index contributed by atoms with van der Waals surface area (Å²) < 4.78 is 68.3. The zero-order valence-corrected chi connectivity index (χ0v) is 59.5. The highest BCUT2D eigenvalue weighted by molar-refractivity contribution is 7.47. The molecule has 89 heavy (non-hydrogen) atoms. The van der Waals surface area contributed by atoms with Gasteiger partial charge in [-0.05, 0) is 37.5 Å². The molecular weight excluding hydrogens is 1170 g/mol. The second-order valence-corrected chi connectivity index (χ2v) is 28.9. The summed E-state index contributed by atoms with van der Waals surface area (Å²) in [6, 6.07) is 0. The van der Waals surface area contributed by atoms with Crippen molar-refractivity contribution in [1.29, 1.82) is 0 Å². The monoisotopic (exact) mass is 1310 g/mol. The molecule has 6 atom stereocenters. The molecule has 0 fully saturated rings. The lowest BCUT2D eigenvalue weighted by atomic mass is 9.99. The van der Waals surface area contributed by atoms with Crippen molar-refractivity contribution in [3.05, 3.63) is 0 Å². The maximum atomic E-state index is 13.0. The first-order valence-electron chi connectivity index (χ1n) is 36.5. The van der Waals surface area contributed by atoms with E-state index in [0.717, 1.165) is 102 Å². The molecule has 0 heterocycles. The Labute approximate surface area is 543 Å². The van der Waals surface area contributed by atoms with Crippen molar-refractivity contribution in [3.63, 3.8) is 0 Å². The summed E-state index contributed by atoms with van der Waals surface area (Å²) in [7, 11) is -9.90. The average Bonchev–Trinajstić information content (AvgIpc) is 3.72. The van der Waals surface area contributed by atoms with E-state index in [9.17, 15) is 43.2 Å². The number of esters is 4. The zero-order chi connectivity index (χ0) is 65.7. The maximum absolute atomic E-state index is 13.0. The Morgan fingerprint density at radius 3 is 0.854 bits per heavy atom. The zero-order valence-electron chi connectivity index (χ0n) is 57.7. The van der Waals surface area contributed by atoms with Gasteiger partial charge in [-0.2, -0.15) is 0 Å². The van der Waals surface area contributed by atoms with Gasteiger partial charge in [-0.3, -0.25) is 37.3 Å². The predicted molar refractivity (Wildman–Crippen MR) is 358 cm³/mol. The van der Waals surface area contributed by atoms with E-state index in [0.29, 0.717) is 31.6 Å². The third-order valence-corrected chi connectivity index (χ3v) is 18.5. The highest BCUT2D eigenvalue weighted by Gasteiger charge is 2.30. The van der Waals surface area contributed by atoms with E-state index in [1.54, 1.807) is 0 Å². The van der Waals surface area contributed by atoms with Gasteiger partial charge in [0, 0.05) is 25.7 Å². The summed E-state index contributed by atoms with van der Waals surface area (Å²) in [6.07, 6.45) is 47.0. The summed E-state index contributed by atoms with van der Waals surface area (Å²) in [5, 5.41) is 10.6. The highest BCUT2D eigenvalue weighted by atomic mass is 31.2. The molecule has 0 aromatic carbocycles. The van der Waals surface area contributed by atoms with E-state index in [1.807, 2.05) is 0 Å². The van der Waals surface area contributed by atoms with Crippen molar-refractivity contribution >= 4 is 39.5 Å². The number of hydrogen-bond donors (Lipinski definition) is 3. The minimum absolute atomic E-state index is 0.106. The van der Waals surface area contributed by atoms with Gasteiger partial charge in [0.15, 0.2) is 12.2 Å². The number of ether oxygens (including phenoxy) is 4. The van der Waals surface area contributed by atoms with E-state index < -0.39 is 97.5 Å². The van der Waals surface area contributed by atoms with Gasteiger partial charge < -0.3 is 33.8 Å². The van der Waals surface area contributed by atoms with E-state index in [4.69, 9.17) is 37.0 Å². The molecule has 0 aliphatic rings. The Bertz CT molecular complexity index is 1740. The van der Waals surface area contributed by atoms with Crippen molar-refractivity contribution in [2.24, 2.45) is 11.8 Å². The number of aliphatic hydroxyl groups excluding tert-OH is 1. The number of carbonyl (C=O) groups excluding carboxylic acids is 4. The van der Waals surface area contributed by atoms with Gasteiger partial charge >= 0.3 is 39.5 Å². The van der Waals surface area contributed by atoms with Gasteiger partial charge in [0.25, 0.3) is 0 Å². The number of phosphoric acid groups is 2. The quantitative estimate of drug-likeness (QED) is 0.0222. The molecule has 0 bridgehead atoms. The third kappa shape index (κ3) is 63.2. The SMILES string of the molecule is CCCCCCCCCCCCCCCC(=O)OC[C@H](COP(=O)(O)OC[C@@H](O)COP(=O)(O)OC[C@@H](COC(=O)CCCCCCCCCC(C)C)OC(=O)CCCCCCCCCCCCCC)OC(=O)CCCCCCCCCCCCC(C)CC. The normalized spacial score (nSPS) is 14.4. The lowest BCUT2D eigenvalue weighted by molar-refractivity contribution is -0.161. The Morgan fingerprint density at radius 1 is 0.326 bits per heavy atom. The molecular formula is C70H136O17P2. The molecule has 0 spiro atoms. The molecule has 0 aromatic rings. The van der Waals surface area contributed by atoms with Crippen LogP contribution in [-0.4, -0.2) is 96.7 Å². The summed E-state index contributed by atoms with van der Waals surface area (Å²) in [5.41, 5.74) is 0. The fourth-order valence-electron chi connectivity index (χ4n) is 10.6. The van der Waals surface area contributed by atoms with Crippen LogP contribution in [0.1, 0.15) is 356 Å². The summed E-state index contributed by atoms with van der Waals surface area (Å²) in [5.74, 6) is -0.615. The molecule has 3 unspecified atom stereocenters. The van der Waals surface area contributed by atoms with Crippen LogP contribution in [0, 0.1) is 11.8 Å². The number of rotatable bonds is 69. The van der Waals surface area contributed by atoms with Crippen LogP contribution in [0.15, 0.2) is 0 Å². The van der Waals surface area contributed by atoms with E-state index in [-0.39, 0.29) is 25.7 Å². The van der Waals surface area contributed by atoms with Crippen molar-refractivity contribution in [1.82, 2.24) is 0 Å². The minimum atomic E-state index is -4.95. The van der Waals surface area contributed by atoms with Crippen LogP contribution in [0.4, 0.5) is 0 Å². The Balaban J connectivity index is 5.26. The lowest BCUT2D eigenvalue weighted by Crippen LogP contribution is -2.30. The van der Waals surface area contributed by atoms with Gasteiger partial charge in [0.1, 0.15) is 19.3 Å². The Hall–Kier alpha value is -1.94. The average molecular weight is 1310 g/mol. The first-order chi connectivity index (χ1) is 42.9. The molecule has 0 aromatic heterocycles. The first-order valence-corrected chi connectivity index (χ1v) is 39.5. The molecule has 0 saturated carbocycles. The smallest absolute Gasteiger partial charge is 0.462 e. The molecule has 0 aliphatic heterocycles. The van der Waals surface area contributed by atoms with Gasteiger partial charge in [-0.1, -0.05) is 305 Å². The fourth-order valence-corrected chi connectivity index (χ4v) is 12.1. The minimum Gasteiger partial charge on any atom is -0.462 e. The molecule has 0 rings (SSSR count). The van der Waals surface area contributed by atoms with Crippen LogP contribution < -0.4 is 0 Å².